The molecule has 1 aliphatic carbocycles. The zero-order valence-electron chi connectivity index (χ0n) is 12.2. The maximum atomic E-state index is 6.02. The first-order valence-electron chi connectivity index (χ1n) is 7.69. The van der Waals surface area contributed by atoms with E-state index in [1.807, 2.05) is 11.8 Å². The van der Waals surface area contributed by atoms with Crippen LogP contribution in [0.2, 0.25) is 0 Å². The second-order valence-corrected chi connectivity index (χ2v) is 8.19. The maximum Gasteiger partial charge on any atom is 0.0685 e. The van der Waals surface area contributed by atoms with Crippen LogP contribution in [0.1, 0.15) is 32.1 Å². The summed E-state index contributed by atoms with van der Waals surface area (Å²) in [5, 5.41) is 0. The molecule has 21 heavy (non-hydrogen) atoms. The average molecular weight is 371 g/mol. The zero-order chi connectivity index (χ0) is 14.7. The van der Waals surface area contributed by atoms with Gasteiger partial charge in [0.15, 0.2) is 0 Å². The fraction of sp³-hybridized carbons (Fsp3) is 0.625. The Bertz CT molecular complexity index is 464. The number of benzene rings is 1. The Balaban J connectivity index is 1.55. The molecule has 1 aromatic carbocycles. The van der Waals surface area contributed by atoms with Gasteiger partial charge in [-0.15, -0.1) is 11.8 Å². The van der Waals surface area contributed by atoms with E-state index in [2.05, 4.69) is 45.6 Å². The first-order valence-corrected chi connectivity index (χ1v) is 9.47. The van der Waals surface area contributed by atoms with Crippen molar-refractivity contribution in [2.75, 3.05) is 12.4 Å². The van der Waals surface area contributed by atoms with Gasteiger partial charge in [0.25, 0.3) is 0 Å². The molecule has 1 aliphatic heterocycles. The molecule has 1 heterocycles. The van der Waals surface area contributed by atoms with Crippen molar-refractivity contribution in [2.45, 2.75) is 48.6 Å². The number of hydrazine groups is 1. The van der Waals surface area contributed by atoms with Crippen molar-refractivity contribution >= 4 is 27.7 Å². The highest BCUT2D eigenvalue weighted by Crippen LogP contribution is 2.45. The molecular formula is C16H23BrN2OS. The Kier molecular flexibility index (Phi) is 5.27. The zero-order valence-corrected chi connectivity index (χ0v) is 14.6. The predicted molar refractivity (Wildman–Crippen MR) is 91.2 cm³/mol. The van der Waals surface area contributed by atoms with Crippen molar-refractivity contribution in [3.05, 3.63) is 28.7 Å². The van der Waals surface area contributed by atoms with Crippen LogP contribution in [0.15, 0.2) is 33.6 Å². The SMILES string of the molecule is NNC(CSc1ccc(Br)cc1)C1CCOC2(CCC2)C1. The number of halogens is 1. The number of thioether (sulfide) groups is 1. The third-order valence-corrected chi connectivity index (χ3v) is 6.48. The van der Waals surface area contributed by atoms with Gasteiger partial charge in [-0.25, -0.2) is 0 Å². The first kappa shape index (κ1) is 15.8. The van der Waals surface area contributed by atoms with Gasteiger partial charge in [-0.2, -0.15) is 0 Å². The summed E-state index contributed by atoms with van der Waals surface area (Å²) in [6.07, 6.45) is 6.09. The molecule has 2 atom stereocenters. The Hall–Kier alpha value is -0.0700. The molecule has 3 N–H and O–H groups in total. The highest BCUT2D eigenvalue weighted by molar-refractivity contribution is 9.10. The fourth-order valence-corrected chi connectivity index (χ4v) is 4.70. The largest absolute Gasteiger partial charge is 0.375 e. The van der Waals surface area contributed by atoms with Crippen molar-refractivity contribution in [3.8, 4) is 0 Å². The van der Waals surface area contributed by atoms with Gasteiger partial charge in [0, 0.05) is 27.8 Å². The molecule has 1 spiro atoms. The lowest BCUT2D eigenvalue weighted by atomic mass is 9.70. The van der Waals surface area contributed by atoms with E-state index < -0.39 is 0 Å². The lowest BCUT2D eigenvalue weighted by Gasteiger charge is -2.48. The van der Waals surface area contributed by atoms with E-state index in [0.29, 0.717) is 12.0 Å². The number of ether oxygens (including phenoxy) is 1. The molecule has 2 aliphatic rings. The van der Waals surface area contributed by atoms with Crippen LogP contribution in [-0.2, 0) is 4.74 Å². The van der Waals surface area contributed by atoms with Gasteiger partial charge in [0.2, 0.25) is 0 Å². The minimum atomic E-state index is 0.195. The summed E-state index contributed by atoms with van der Waals surface area (Å²) in [6.45, 7) is 0.895. The van der Waals surface area contributed by atoms with Crippen molar-refractivity contribution in [2.24, 2.45) is 11.8 Å². The molecular weight excluding hydrogens is 348 g/mol. The summed E-state index contributed by atoms with van der Waals surface area (Å²) in [6, 6.07) is 8.84. The molecule has 0 aromatic heterocycles. The topological polar surface area (TPSA) is 47.3 Å². The number of hydrogen-bond acceptors (Lipinski definition) is 4. The van der Waals surface area contributed by atoms with Crippen LogP contribution in [0, 0.1) is 5.92 Å². The van der Waals surface area contributed by atoms with Crippen LogP contribution in [0.4, 0.5) is 0 Å². The third kappa shape index (κ3) is 3.82. The van der Waals surface area contributed by atoms with Gasteiger partial charge in [0.05, 0.1) is 5.60 Å². The molecule has 0 bridgehead atoms. The lowest BCUT2D eigenvalue weighted by Crippen LogP contribution is -2.52. The minimum absolute atomic E-state index is 0.195. The molecule has 2 fully saturated rings. The average Bonchev–Trinajstić information content (AvgIpc) is 2.48. The van der Waals surface area contributed by atoms with Gasteiger partial charge in [-0.1, -0.05) is 15.9 Å². The maximum absolute atomic E-state index is 6.02. The molecule has 1 saturated carbocycles. The van der Waals surface area contributed by atoms with Gasteiger partial charge in [-0.05, 0) is 62.3 Å². The van der Waals surface area contributed by atoms with E-state index in [0.717, 1.165) is 23.3 Å². The quantitative estimate of drug-likeness (QED) is 0.471. The summed E-state index contributed by atoms with van der Waals surface area (Å²) in [5.41, 5.74) is 3.25. The molecule has 0 radical (unpaired) electrons. The van der Waals surface area contributed by atoms with E-state index in [-0.39, 0.29) is 5.60 Å². The Morgan fingerprint density at radius 3 is 2.76 bits per heavy atom. The predicted octanol–water partition coefficient (Wildman–Crippen LogP) is 3.72. The molecule has 3 nitrogen and oxygen atoms in total. The molecule has 0 amide bonds. The van der Waals surface area contributed by atoms with Crippen molar-refractivity contribution in [3.63, 3.8) is 0 Å². The molecule has 1 saturated heterocycles. The number of rotatable bonds is 5. The van der Waals surface area contributed by atoms with E-state index in [9.17, 15) is 0 Å². The molecule has 5 heteroatoms. The number of nitrogens with two attached hydrogens (primary N) is 1. The summed E-state index contributed by atoms with van der Waals surface area (Å²) >= 11 is 5.35. The number of hydrogen-bond donors (Lipinski definition) is 2. The Morgan fingerprint density at radius 2 is 2.14 bits per heavy atom. The van der Waals surface area contributed by atoms with Crippen LogP contribution < -0.4 is 11.3 Å². The molecule has 1 aromatic rings. The Labute approximate surface area is 139 Å². The normalized spacial score (nSPS) is 25.5. The van der Waals surface area contributed by atoms with Gasteiger partial charge in [-0.3, -0.25) is 11.3 Å². The van der Waals surface area contributed by atoms with Crippen LogP contribution >= 0.6 is 27.7 Å². The van der Waals surface area contributed by atoms with Crippen LogP contribution in [0.25, 0.3) is 0 Å². The van der Waals surface area contributed by atoms with E-state index in [1.54, 1.807) is 0 Å². The monoisotopic (exact) mass is 370 g/mol. The van der Waals surface area contributed by atoms with E-state index in [1.165, 1.54) is 30.6 Å². The van der Waals surface area contributed by atoms with Gasteiger partial charge in [0.1, 0.15) is 0 Å². The second-order valence-electron chi connectivity index (χ2n) is 6.18. The van der Waals surface area contributed by atoms with Gasteiger partial charge >= 0.3 is 0 Å². The third-order valence-electron chi connectivity index (χ3n) is 4.82. The van der Waals surface area contributed by atoms with E-state index >= 15 is 0 Å². The smallest absolute Gasteiger partial charge is 0.0685 e. The second kappa shape index (κ2) is 7.01. The number of nitrogens with one attached hydrogen (secondary N) is 1. The standard InChI is InChI=1S/C16H23BrN2OS/c17-13-2-4-14(5-3-13)21-11-15(19-18)12-6-9-20-16(10-12)7-1-8-16/h2-5,12,15,19H,1,6-11,18H2. The summed E-state index contributed by atoms with van der Waals surface area (Å²) < 4.78 is 7.14. The fourth-order valence-electron chi connectivity index (χ4n) is 3.37. The highest BCUT2D eigenvalue weighted by Gasteiger charge is 2.44. The lowest BCUT2D eigenvalue weighted by molar-refractivity contribution is -0.146. The van der Waals surface area contributed by atoms with Crippen molar-refractivity contribution in [1.82, 2.24) is 5.43 Å². The van der Waals surface area contributed by atoms with Crippen molar-refractivity contribution < 1.29 is 4.74 Å². The molecule has 3 rings (SSSR count). The van der Waals surface area contributed by atoms with Crippen LogP contribution in [0.3, 0.4) is 0 Å². The summed E-state index contributed by atoms with van der Waals surface area (Å²) in [7, 11) is 0. The van der Waals surface area contributed by atoms with E-state index in [4.69, 9.17) is 10.6 Å². The first-order chi connectivity index (χ1) is 10.2. The van der Waals surface area contributed by atoms with Crippen LogP contribution in [-0.4, -0.2) is 24.0 Å². The van der Waals surface area contributed by atoms with Crippen molar-refractivity contribution in [1.29, 1.82) is 0 Å². The summed E-state index contributed by atoms with van der Waals surface area (Å²) in [4.78, 5) is 1.30. The highest BCUT2D eigenvalue weighted by atomic mass is 79.9. The van der Waals surface area contributed by atoms with Gasteiger partial charge < -0.3 is 4.74 Å². The molecule has 116 valence electrons. The minimum Gasteiger partial charge on any atom is -0.375 e. The Morgan fingerprint density at radius 1 is 1.38 bits per heavy atom. The summed E-state index contributed by atoms with van der Waals surface area (Å²) in [5.74, 6) is 7.47. The molecule has 2 unspecified atom stereocenters. The van der Waals surface area contributed by atoms with Crippen LogP contribution in [0.5, 0.6) is 0 Å².